The fraction of sp³-hybridized carbons (Fsp3) is 0.393. The summed E-state index contributed by atoms with van der Waals surface area (Å²) in [7, 11) is 1.54. The number of hydrogen-bond donors (Lipinski definition) is 2. The Hall–Kier alpha value is -4.19. The number of nitrogens with zero attached hydrogens (tertiary/aromatic N) is 3. The number of aromatic amines is 1. The highest BCUT2D eigenvalue weighted by atomic mass is 32.1. The van der Waals surface area contributed by atoms with E-state index >= 15 is 0 Å². The molecule has 2 aliphatic rings. The highest BCUT2D eigenvalue weighted by molar-refractivity contribution is 7.07. The van der Waals surface area contributed by atoms with Crippen LogP contribution >= 0.6 is 11.3 Å². The van der Waals surface area contributed by atoms with E-state index in [9.17, 15) is 19.2 Å². The summed E-state index contributed by atoms with van der Waals surface area (Å²) in [6, 6.07) is 8.72. The molecule has 0 radical (unpaired) electrons. The van der Waals surface area contributed by atoms with Gasteiger partial charge < -0.3 is 29.6 Å². The average molecular weight is 566 g/mol. The first-order valence-corrected chi connectivity index (χ1v) is 14.0. The highest BCUT2D eigenvalue weighted by Crippen LogP contribution is 2.38. The van der Waals surface area contributed by atoms with Gasteiger partial charge in [0.15, 0.2) is 11.5 Å². The number of hydrogen-bond acceptors (Lipinski definition) is 8. The number of carbonyl (C=O) groups is 3. The van der Waals surface area contributed by atoms with E-state index in [-0.39, 0.29) is 43.0 Å². The summed E-state index contributed by atoms with van der Waals surface area (Å²) in [6.07, 6.45) is 0.481. The topological polar surface area (TPSA) is 134 Å². The van der Waals surface area contributed by atoms with Gasteiger partial charge in [0.05, 0.1) is 25.1 Å². The summed E-state index contributed by atoms with van der Waals surface area (Å²) < 4.78 is 11.6. The molecule has 2 N–H and O–H groups in total. The van der Waals surface area contributed by atoms with Crippen molar-refractivity contribution >= 4 is 29.1 Å². The van der Waals surface area contributed by atoms with Gasteiger partial charge in [-0.1, -0.05) is 6.07 Å². The monoisotopic (exact) mass is 565 g/mol. The van der Waals surface area contributed by atoms with Crippen molar-refractivity contribution in [3.05, 3.63) is 74.1 Å². The molecular formula is C28H31N5O6S. The lowest BCUT2D eigenvalue weighted by Gasteiger charge is -2.25. The van der Waals surface area contributed by atoms with Gasteiger partial charge in [0, 0.05) is 43.2 Å². The van der Waals surface area contributed by atoms with Crippen LogP contribution in [-0.4, -0.2) is 83.9 Å². The molecule has 2 atom stereocenters. The van der Waals surface area contributed by atoms with E-state index in [4.69, 9.17) is 9.47 Å². The molecular weight excluding hydrogens is 534 g/mol. The van der Waals surface area contributed by atoms with Crippen LogP contribution in [-0.2, 0) is 4.79 Å². The smallest absolute Gasteiger partial charge is 0.273 e. The molecule has 0 spiro atoms. The number of H-pyrrole nitrogens is 1. The van der Waals surface area contributed by atoms with Crippen molar-refractivity contribution in [2.45, 2.75) is 19.3 Å². The van der Waals surface area contributed by atoms with Gasteiger partial charge in [0.2, 0.25) is 5.91 Å². The number of methoxy groups -OCH3 is 1. The number of rotatable bonds is 3. The van der Waals surface area contributed by atoms with Crippen molar-refractivity contribution < 1.29 is 23.9 Å². The molecule has 1 fully saturated rings. The van der Waals surface area contributed by atoms with Crippen molar-refractivity contribution in [1.82, 2.24) is 25.1 Å². The van der Waals surface area contributed by atoms with E-state index in [0.29, 0.717) is 48.9 Å². The summed E-state index contributed by atoms with van der Waals surface area (Å²) in [5.41, 5.74) is 3.10. The van der Waals surface area contributed by atoms with E-state index in [2.05, 4.69) is 15.3 Å². The number of aryl methyl sites for hydroxylation is 1. The number of nitrogens with one attached hydrogen (secondary N) is 2. The van der Waals surface area contributed by atoms with Gasteiger partial charge in [-0.15, -0.1) is 11.3 Å². The zero-order chi connectivity index (χ0) is 28.2. The third-order valence-electron chi connectivity index (χ3n) is 7.31. The molecule has 40 heavy (non-hydrogen) atoms. The van der Waals surface area contributed by atoms with Crippen LogP contribution in [0, 0.1) is 12.8 Å². The Kier molecular flexibility index (Phi) is 8.15. The molecule has 0 saturated carbocycles. The number of benzene rings is 1. The van der Waals surface area contributed by atoms with Crippen LogP contribution in [0.3, 0.4) is 0 Å². The predicted molar refractivity (Wildman–Crippen MR) is 148 cm³/mol. The SMILES string of the molecule is COc1ccc2cc1OCCN(C(=O)c1ccc(C)[nH]c1=O)CCCNC(=O)[C@H]1CN(C(=O)c3cscn3)C[C@H]21. The van der Waals surface area contributed by atoms with Gasteiger partial charge >= 0.3 is 0 Å². The number of ether oxygens (including phenoxy) is 2. The van der Waals surface area contributed by atoms with E-state index in [1.54, 1.807) is 46.9 Å². The molecule has 210 valence electrons. The van der Waals surface area contributed by atoms with Crippen LogP contribution in [0.15, 0.2) is 46.0 Å². The van der Waals surface area contributed by atoms with E-state index in [0.717, 1.165) is 5.56 Å². The quantitative estimate of drug-likeness (QED) is 0.497. The van der Waals surface area contributed by atoms with Gasteiger partial charge in [-0.25, -0.2) is 4.98 Å². The van der Waals surface area contributed by atoms with Gasteiger partial charge in [0.1, 0.15) is 17.9 Å². The van der Waals surface area contributed by atoms with Crippen LogP contribution in [0.4, 0.5) is 0 Å². The summed E-state index contributed by atoms with van der Waals surface area (Å²) >= 11 is 1.35. The number of thiazole rings is 1. The average Bonchev–Trinajstić information content (AvgIpc) is 3.64. The number of aromatic nitrogens is 2. The Balaban J connectivity index is 1.41. The van der Waals surface area contributed by atoms with Gasteiger partial charge in [-0.05, 0) is 43.2 Å². The Morgan fingerprint density at radius 3 is 2.65 bits per heavy atom. The summed E-state index contributed by atoms with van der Waals surface area (Å²) in [5.74, 6) is -0.512. The largest absolute Gasteiger partial charge is 0.493 e. The summed E-state index contributed by atoms with van der Waals surface area (Å²) in [5, 5.41) is 4.70. The van der Waals surface area contributed by atoms with Gasteiger partial charge in [-0.3, -0.25) is 19.2 Å². The van der Waals surface area contributed by atoms with E-state index in [1.165, 1.54) is 17.4 Å². The van der Waals surface area contributed by atoms with Gasteiger partial charge in [-0.2, -0.15) is 0 Å². The minimum atomic E-state index is -0.476. The lowest BCUT2D eigenvalue weighted by atomic mass is 9.88. The normalized spacial score (nSPS) is 19.7. The van der Waals surface area contributed by atoms with Gasteiger partial charge in [0.25, 0.3) is 17.4 Å². The third kappa shape index (κ3) is 5.71. The second-order valence-corrected chi connectivity index (χ2v) is 10.6. The first kappa shape index (κ1) is 27.4. The van der Waals surface area contributed by atoms with Crippen molar-refractivity contribution in [2.75, 3.05) is 46.4 Å². The lowest BCUT2D eigenvalue weighted by Crippen LogP contribution is -2.40. The molecule has 2 aliphatic heterocycles. The molecule has 5 rings (SSSR count). The van der Waals surface area contributed by atoms with Crippen molar-refractivity contribution in [3.63, 3.8) is 0 Å². The van der Waals surface area contributed by atoms with E-state index < -0.39 is 17.4 Å². The molecule has 4 heterocycles. The summed E-state index contributed by atoms with van der Waals surface area (Å²) in [6.45, 7) is 3.43. The third-order valence-corrected chi connectivity index (χ3v) is 7.89. The molecule has 3 amide bonds. The van der Waals surface area contributed by atoms with Crippen LogP contribution < -0.4 is 20.3 Å². The molecule has 0 unspecified atom stereocenters. The van der Waals surface area contributed by atoms with Crippen molar-refractivity contribution in [3.8, 4) is 11.5 Å². The fourth-order valence-corrected chi connectivity index (χ4v) is 5.72. The number of fused-ring (bicyclic) bond motifs is 4. The zero-order valence-electron chi connectivity index (χ0n) is 22.3. The van der Waals surface area contributed by atoms with Crippen molar-refractivity contribution in [2.24, 2.45) is 5.92 Å². The van der Waals surface area contributed by atoms with Crippen molar-refractivity contribution in [1.29, 1.82) is 0 Å². The Labute approximate surface area is 235 Å². The number of pyridine rings is 1. The Bertz CT molecular complexity index is 1460. The number of carbonyl (C=O) groups excluding carboxylic acids is 3. The maximum Gasteiger partial charge on any atom is 0.273 e. The Morgan fingerprint density at radius 1 is 1.07 bits per heavy atom. The van der Waals surface area contributed by atoms with Crippen LogP contribution in [0.5, 0.6) is 11.5 Å². The fourth-order valence-electron chi connectivity index (χ4n) is 5.19. The molecule has 2 bridgehead atoms. The van der Waals surface area contributed by atoms with E-state index in [1.807, 2.05) is 12.1 Å². The number of amides is 3. The first-order chi connectivity index (χ1) is 19.4. The molecule has 2 aromatic heterocycles. The minimum Gasteiger partial charge on any atom is -0.493 e. The molecule has 11 nitrogen and oxygen atoms in total. The van der Waals surface area contributed by atoms with Crippen LogP contribution in [0.1, 0.15) is 44.4 Å². The maximum atomic E-state index is 13.4. The maximum absolute atomic E-state index is 13.4. The lowest BCUT2D eigenvalue weighted by molar-refractivity contribution is -0.124. The summed E-state index contributed by atoms with van der Waals surface area (Å²) in [4.78, 5) is 62.3. The molecule has 3 aromatic rings. The second-order valence-electron chi connectivity index (χ2n) is 9.88. The van der Waals surface area contributed by atoms with Crippen LogP contribution in [0.2, 0.25) is 0 Å². The van der Waals surface area contributed by atoms with Crippen LogP contribution in [0.25, 0.3) is 0 Å². The minimum absolute atomic E-state index is 0.0500. The standard InChI is InChI=1S/C28H31N5O6S/c1-17-4-6-19(26(35)31-17)27(36)32-9-3-8-29-25(34)21-14-33(28(37)22-15-40-16-30-22)13-20(21)18-5-7-23(38-2)24(12-18)39-11-10-32/h4-7,12,15-16,20-21H,3,8-11,13-14H2,1-2H3,(H,29,34)(H,31,35)/t20-,21+/m1/s1. The molecule has 12 heteroatoms. The molecule has 1 saturated heterocycles. The number of likely N-dealkylation sites (tertiary alicyclic amines) is 1. The Morgan fingerprint density at radius 2 is 1.90 bits per heavy atom. The molecule has 0 aliphatic carbocycles. The second kappa shape index (κ2) is 11.9. The predicted octanol–water partition coefficient (Wildman–Crippen LogP) is 2.05. The first-order valence-electron chi connectivity index (χ1n) is 13.1. The highest BCUT2D eigenvalue weighted by Gasteiger charge is 2.41. The molecule has 1 aromatic carbocycles. The zero-order valence-corrected chi connectivity index (χ0v) is 23.2.